The summed E-state index contributed by atoms with van der Waals surface area (Å²) in [6, 6.07) is 0. The fourth-order valence-electron chi connectivity index (χ4n) is 1.69. The molecule has 8 nitrogen and oxygen atoms in total. The van der Waals surface area contributed by atoms with E-state index in [-0.39, 0.29) is 6.61 Å². The summed E-state index contributed by atoms with van der Waals surface area (Å²) in [5, 5.41) is 56.0. The first kappa shape index (κ1) is 15.7. The van der Waals surface area contributed by atoms with E-state index >= 15 is 0 Å². The van der Waals surface area contributed by atoms with E-state index < -0.39 is 49.5 Å². The van der Waals surface area contributed by atoms with Gasteiger partial charge in [-0.2, -0.15) is 0 Å². The third-order valence-electron chi connectivity index (χ3n) is 2.98. The lowest BCUT2D eigenvalue weighted by molar-refractivity contribution is -0.330. The number of rotatable bonds is 5. The Morgan fingerprint density at radius 1 is 1.33 bits per heavy atom. The summed E-state index contributed by atoms with van der Waals surface area (Å²) in [7, 11) is 0. The molecule has 1 aliphatic rings. The van der Waals surface area contributed by atoms with Crippen LogP contribution in [0.25, 0.3) is 0 Å². The molecule has 2 unspecified atom stereocenters. The Morgan fingerprint density at radius 2 is 1.94 bits per heavy atom. The van der Waals surface area contributed by atoms with E-state index in [0.717, 1.165) is 0 Å². The predicted octanol–water partition coefficient (Wildman–Crippen LogP) is -3.45. The zero-order valence-electron chi connectivity index (χ0n) is 10.0. The monoisotopic (exact) mass is 268 g/mol. The molecule has 6 N–H and O–H groups in total. The first-order valence-corrected chi connectivity index (χ1v) is 5.60. The van der Waals surface area contributed by atoms with Crippen molar-refractivity contribution >= 4 is 0 Å². The van der Waals surface area contributed by atoms with Gasteiger partial charge in [0.05, 0.1) is 19.8 Å². The maximum absolute atomic E-state index is 9.87. The molecule has 6 atom stereocenters. The van der Waals surface area contributed by atoms with Crippen molar-refractivity contribution in [1.29, 1.82) is 0 Å². The van der Waals surface area contributed by atoms with Crippen molar-refractivity contribution in [1.82, 2.24) is 0 Å². The van der Waals surface area contributed by atoms with Gasteiger partial charge in [0.15, 0.2) is 6.29 Å². The van der Waals surface area contributed by atoms with Gasteiger partial charge in [-0.1, -0.05) is 0 Å². The lowest BCUT2D eigenvalue weighted by Crippen LogP contribution is -2.66. The summed E-state index contributed by atoms with van der Waals surface area (Å²) in [4.78, 5) is 0. The number of hydrogen-bond donors (Lipinski definition) is 6. The highest BCUT2D eigenvalue weighted by Crippen LogP contribution is 2.30. The van der Waals surface area contributed by atoms with Crippen LogP contribution in [-0.4, -0.2) is 86.8 Å². The molecule has 1 rings (SSSR count). The van der Waals surface area contributed by atoms with Crippen molar-refractivity contribution in [2.75, 3.05) is 19.8 Å². The van der Waals surface area contributed by atoms with Gasteiger partial charge in [-0.05, 0) is 6.92 Å². The SMILES string of the molecule is C[C@]1(O)[C@H](O)[C@@H](O)C(OCC(O)CO)O[C@@H]1CO. The highest BCUT2D eigenvalue weighted by molar-refractivity contribution is 4.98. The second kappa shape index (κ2) is 6.22. The maximum Gasteiger partial charge on any atom is 0.186 e. The molecule has 108 valence electrons. The number of hydrogen-bond acceptors (Lipinski definition) is 8. The molecule has 0 spiro atoms. The summed E-state index contributed by atoms with van der Waals surface area (Å²) in [5.74, 6) is 0. The van der Waals surface area contributed by atoms with E-state index in [1.165, 1.54) is 6.92 Å². The number of aliphatic hydroxyl groups is 6. The molecule has 0 saturated carbocycles. The lowest BCUT2D eigenvalue weighted by Gasteiger charge is -2.45. The average Bonchev–Trinajstić information content (AvgIpc) is 2.35. The van der Waals surface area contributed by atoms with Crippen LogP contribution in [0.1, 0.15) is 6.92 Å². The standard InChI is InChI=1S/C10H20O8/c1-10(16)6(3-12)18-9(7(14)8(10)15)17-4-5(13)2-11/h5-9,11-16H,2-4H2,1H3/t5?,6-,7-,8-,9?,10-/m1/s1. The smallest absolute Gasteiger partial charge is 0.186 e. The van der Waals surface area contributed by atoms with Gasteiger partial charge >= 0.3 is 0 Å². The van der Waals surface area contributed by atoms with Gasteiger partial charge in [0, 0.05) is 0 Å². The predicted molar refractivity (Wildman–Crippen MR) is 57.4 cm³/mol. The van der Waals surface area contributed by atoms with Crippen LogP contribution >= 0.6 is 0 Å². The topological polar surface area (TPSA) is 140 Å². The van der Waals surface area contributed by atoms with E-state index in [0.29, 0.717) is 0 Å². The van der Waals surface area contributed by atoms with Gasteiger partial charge in [0.2, 0.25) is 0 Å². The molecule has 1 fully saturated rings. The van der Waals surface area contributed by atoms with Gasteiger partial charge in [-0.3, -0.25) is 0 Å². The Balaban J connectivity index is 2.65. The molecule has 8 heteroatoms. The third-order valence-corrected chi connectivity index (χ3v) is 2.98. The first-order chi connectivity index (χ1) is 8.34. The Hall–Kier alpha value is -0.320. The Kier molecular flexibility index (Phi) is 5.44. The van der Waals surface area contributed by atoms with E-state index in [9.17, 15) is 15.3 Å². The second-order valence-corrected chi connectivity index (χ2v) is 4.51. The first-order valence-electron chi connectivity index (χ1n) is 5.60. The van der Waals surface area contributed by atoms with Gasteiger partial charge in [-0.15, -0.1) is 0 Å². The number of ether oxygens (including phenoxy) is 2. The van der Waals surface area contributed by atoms with Crippen molar-refractivity contribution in [3.8, 4) is 0 Å². The molecule has 0 aromatic carbocycles. The van der Waals surface area contributed by atoms with Gasteiger partial charge in [0.1, 0.15) is 30.0 Å². The summed E-state index contributed by atoms with van der Waals surface area (Å²) in [6.07, 6.45) is -6.69. The molecule has 1 aliphatic heterocycles. The van der Waals surface area contributed by atoms with Crippen molar-refractivity contribution in [3.05, 3.63) is 0 Å². The van der Waals surface area contributed by atoms with Crippen LogP contribution in [-0.2, 0) is 9.47 Å². The fraction of sp³-hybridized carbons (Fsp3) is 1.00. The van der Waals surface area contributed by atoms with E-state index in [4.69, 9.17) is 24.8 Å². The second-order valence-electron chi connectivity index (χ2n) is 4.51. The van der Waals surface area contributed by atoms with Crippen LogP contribution in [0.2, 0.25) is 0 Å². The molecular weight excluding hydrogens is 248 g/mol. The van der Waals surface area contributed by atoms with Crippen LogP contribution in [0, 0.1) is 0 Å². The average molecular weight is 268 g/mol. The lowest BCUT2D eigenvalue weighted by atomic mass is 9.86. The zero-order chi connectivity index (χ0) is 13.9. The molecule has 1 heterocycles. The minimum absolute atomic E-state index is 0.314. The fourth-order valence-corrected chi connectivity index (χ4v) is 1.69. The highest BCUT2D eigenvalue weighted by Gasteiger charge is 2.52. The van der Waals surface area contributed by atoms with E-state index in [1.807, 2.05) is 0 Å². The van der Waals surface area contributed by atoms with Crippen molar-refractivity contribution < 1.29 is 40.1 Å². The largest absolute Gasteiger partial charge is 0.394 e. The van der Waals surface area contributed by atoms with Crippen LogP contribution in [0.3, 0.4) is 0 Å². The van der Waals surface area contributed by atoms with E-state index in [1.54, 1.807) is 0 Å². The van der Waals surface area contributed by atoms with Gasteiger partial charge < -0.3 is 40.1 Å². The van der Waals surface area contributed by atoms with Crippen LogP contribution in [0.5, 0.6) is 0 Å². The summed E-state index contributed by atoms with van der Waals surface area (Å²) in [6.45, 7) is -0.183. The third kappa shape index (κ3) is 3.16. The molecule has 1 saturated heterocycles. The summed E-state index contributed by atoms with van der Waals surface area (Å²) < 4.78 is 10.1. The van der Waals surface area contributed by atoms with Crippen molar-refractivity contribution in [2.24, 2.45) is 0 Å². The quantitative estimate of drug-likeness (QED) is 0.302. The van der Waals surface area contributed by atoms with Gasteiger partial charge in [0.25, 0.3) is 0 Å². The maximum atomic E-state index is 9.87. The van der Waals surface area contributed by atoms with Gasteiger partial charge in [-0.25, -0.2) is 0 Å². The van der Waals surface area contributed by atoms with Crippen molar-refractivity contribution in [3.63, 3.8) is 0 Å². The van der Waals surface area contributed by atoms with E-state index in [2.05, 4.69) is 0 Å². The Labute approximate surface area is 104 Å². The molecule has 0 bridgehead atoms. The van der Waals surface area contributed by atoms with Crippen molar-refractivity contribution in [2.45, 2.75) is 43.2 Å². The molecule has 0 aliphatic carbocycles. The van der Waals surface area contributed by atoms with Crippen LogP contribution in [0.4, 0.5) is 0 Å². The minimum Gasteiger partial charge on any atom is -0.394 e. The summed E-state index contributed by atoms with van der Waals surface area (Å²) >= 11 is 0. The number of aliphatic hydroxyl groups excluding tert-OH is 5. The molecule has 0 aromatic heterocycles. The molecule has 18 heavy (non-hydrogen) atoms. The normalized spacial score (nSPS) is 42.8. The summed E-state index contributed by atoms with van der Waals surface area (Å²) in [5.41, 5.74) is -1.82. The molecule has 0 amide bonds. The highest BCUT2D eigenvalue weighted by atomic mass is 16.7. The minimum atomic E-state index is -1.82. The molecular formula is C10H20O8. The van der Waals surface area contributed by atoms with Crippen LogP contribution in [0.15, 0.2) is 0 Å². The Morgan fingerprint density at radius 3 is 2.44 bits per heavy atom. The Bertz CT molecular complexity index is 254. The zero-order valence-corrected chi connectivity index (χ0v) is 10.0. The molecule has 0 radical (unpaired) electrons. The van der Waals surface area contributed by atoms with Crippen LogP contribution < -0.4 is 0 Å². The molecule has 0 aromatic rings.